The second-order valence-corrected chi connectivity index (χ2v) is 13.6. The van der Waals surface area contributed by atoms with Gasteiger partial charge in [-0.3, -0.25) is 24.0 Å². The van der Waals surface area contributed by atoms with Crippen molar-refractivity contribution < 1.29 is 24.0 Å². The Balaban J connectivity index is 1.24. The third kappa shape index (κ3) is 9.71. The molecule has 0 aliphatic carbocycles. The van der Waals surface area contributed by atoms with E-state index in [0.29, 0.717) is 63.0 Å². The Bertz CT molecular complexity index is 1550. The van der Waals surface area contributed by atoms with Crippen LogP contribution >= 0.6 is 11.3 Å². The molecule has 2 atom stereocenters. The van der Waals surface area contributed by atoms with E-state index in [4.69, 9.17) is 0 Å². The number of carbonyl (C=O) groups excluding carboxylic acids is 5. The van der Waals surface area contributed by atoms with E-state index in [1.54, 1.807) is 40.5 Å². The summed E-state index contributed by atoms with van der Waals surface area (Å²) < 4.78 is 0. The topological polar surface area (TPSA) is 150 Å². The van der Waals surface area contributed by atoms with Gasteiger partial charge in [0.05, 0.1) is 16.1 Å². The van der Waals surface area contributed by atoms with Crippen LogP contribution in [0.3, 0.4) is 0 Å². The van der Waals surface area contributed by atoms with Crippen molar-refractivity contribution in [3.63, 3.8) is 0 Å². The van der Waals surface area contributed by atoms with Gasteiger partial charge in [-0.15, -0.1) is 11.3 Å². The standard InChI is InChI=1S/C35H44N6O5S/c1-23-30(47-22-39-23)25-12-10-24(11-13-25)20-37-33(45)28-8-7-19-41(28)34(46)31(35(2,3)4)40-29(43)9-5-6-18-36-32(44)26-14-16-27(17-15-26)38-21-42/h10-17,21-22,28,31H,5-9,18-20H2,1-4H3,(H,36,44)(H,37,45)(H,38,42)(H,40,43)/t28-,31?/m0/s1. The van der Waals surface area contributed by atoms with Gasteiger partial charge >= 0.3 is 0 Å². The summed E-state index contributed by atoms with van der Waals surface area (Å²) in [6, 6.07) is 13.2. The normalized spacial score (nSPS) is 15.1. The van der Waals surface area contributed by atoms with Crippen molar-refractivity contribution in [1.29, 1.82) is 0 Å². The summed E-state index contributed by atoms with van der Waals surface area (Å²) in [4.78, 5) is 69.9. The first-order valence-corrected chi connectivity index (χ1v) is 16.8. The first-order valence-electron chi connectivity index (χ1n) is 15.9. The average Bonchev–Trinajstić information content (AvgIpc) is 3.72. The van der Waals surface area contributed by atoms with Crippen molar-refractivity contribution in [1.82, 2.24) is 25.8 Å². The molecule has 4 rings (SSSR count). The maximum atomic E-state index is 13.8. The number of nitrogens with one attached hydrogen (secondary N) is 4. The molecule has 0 bridgehead atoms. The molecule has 11 nitrogen and oxygen atoms in total. The maximum Gasteiger partial charge on any atom is 0.251 e. The van der Waals surface area contributed by atoms with Crippen LogP contribution in [0.4, 0.5) is 5.69 Å². The molecule has 0 saturated carbocycles. The van der Waals surface area contributed by atoms with Crippen molar-refractivity contribution >= 4 is 47.1 Å². The van der Waals surface area contributed by atoms with Crippen LogP contribution in [0.15, 0.2) is 54.0 Å². The van der Waals surface area contributed by atoms with Gasteiger partial charge in [-0.05, 0) is 73.4 Å². The van der Waals surface area contributed by atoms with E-state index < -0.39 is 17.5 Å². The van der Waals surface area contributed by atoms with Crippen molar-refractivity contribution in [2.24, 2.45) is 5.41 Å². The summed E-state index contributed by atoms with van der Waals surface area (Å²) in [5.74, 6) is -0.947. The third-order valence-electron chi connectivity index (χ3n) is 8.17. The van der Waals surface area contributed by atoms with E-state index in [2.05, 4.69) is 26.3 Å². The predicted octanol–water partition coefficient (Wildman–Crippen LogP) is 4.43. The van der Waals surface area contributed by atoms with Crippen LogP contribution in [0.2, 0.25) is 0 Å². The average molecular weight is 661 g/mol. The van der Waals surface area contributed by atoms with Crippen LogP contribution in [0.25, 0.3) is 10.4 Å². The number of thiazole rings is 1. The summed E-state index contributed by atoms with van der Waals surface area (Å²) in [5, 5.41) is 11.3. The largest absolute Gasteiger partial charge is 0.352 e. The molecule has 250 valence electrons. The SMILES string of the molecule is Cc1ncsc1-c1ccc(CNC(=O)[C@@H]2CCCN2C(=O)C(NC(=O)CCCCNC(=O)c2ccc(NC=O)cc2)C(C)(C)C)cc1. The lowest BCUT2D eigenvalue weighted by molar-refractivity contribution is -0.143. The Morgan fingerprint density at radius 2 is 1.74 bits per heavy atom. The molecule has 0 spiro atoms. The van der Waals surface area contributed by atoms with Crippen LogP contribution in [0.5, 0.6) is 0 Å². The zero-order valence-electron chi connectivity index (χ0n) is 27.4. The predicted molar refractivity (Wildman–Crippen MR) is 183 cm³/mol. The van der Waals surface area contributed by atoms with Gasteiger partial charge in [0.1, 0.15) is 12.1 Å². The number of hydrogen-bond donors (Lipinski definition) is 4. The summed E-state index contributed by atoms with van der Waals surface area (Å²) in [6.07, 6.45) is 3.16. The minimum atomic E-state index is -0.789. The Morgan fingerprint density at radius 3 is 2.38 bits per heavy atom. The number of anilines is 1. The van der Waals surface area contributed by atoms with Gasteiger partial charge in [-0.2, -0.15) is 0 Å². The van der Waals surface area contributed by atoms with Gasteiger partial charge in [-0.1, -0.05) is 45.0 Å². The summed E-state index contributed by atoms with van der Waals surface area (Å²) in [5.41, 5.74) is 5.36. The second kappa shape index (κ2) is 16.3. The Hall–Kier alpha value is -4.58. The highest BCUT2D eigenvalue weighted by Crippen LogP contribution is 2.28. The Labute approximate surface area is 279 Å². The molecule has 1 aliphatic heterocycles. The monoisotopic (exact) mass is 660 g/mol. The maximum absolute atomic E-state index is 13.8. The first-order chi connectivity index (χ1) is 22.5. The van der Waals surface area contributed by atoms with Gasteiger partial charge in [0, 0.05) is 37.3 Å². The molecule has 4 N–H and O–H groups in total. The smallest absolute Gasteiger partial charge is 0.251 e. The molecule has 0 radical (unpaired) electrons. The van der Waals surface area contributed by atoms with E-state index in [0.717, 1.165) is 21.7 Å². The van der Waals surface area contributed by atoms with Crippen molar-refractivity contribution in [2.45, 2.75) is 78.4 Å². The van der Waals surface area contributed by atoms with E-state index >= 15 is 0 Å². The number of carbonyl (C=O) groups is 5. The number of aromatic nitrogens is 1. The van der Waals surface area contributed by atoms with Crippen LogP contribution in [0.1, 0.15) is 74.5 Å². The fourth-order valence-electron chi connectivity index (χ4n) is 5.51. The molecule has 47 heavy (non-hydrogen) atoms. The molecular weight excluding hydrogens is 616 g/mol. The van der Waals surface area contributed by atoms with Crippen LogP contribution < -0.4 is 21.3 Å². The Kier molecular flexibility index (Phi) is 12.2. The zero-order chi connectivity index (χ0) is 34.0. The molecule has 2 aromatic carbocycles. The molecule has 1 fully saturated rings. The molecule has 1 saturated heterocycles. The van der Waals surface area contributed by atoms with Crippen molar-refractivity contribution in [3.8, 4) is 10.4 Å². The van der Waals surface area contributed by atoms with E-state index in [9.17, 15) is 24.0 Å². The molecule has 1 aliphatic rings. The first kappa shape index (κ1) is 35.3. The zero-order valence-corrected chi connectivity index (χ0v) is 28.2. The van der Waals surface area contributed by atoms with Crippen LogP contribution in [-0.4, -0.2) is 65.1 Å². The van der Waals surface area contributed by atoms with E-state index in [1.807, 2.05) is 57.5 Å². The quantitative estimate of drug-likeness (QED) is 0.149. The number of rotatable bonds is 14. The molecule has 1 unspecified atom stereocenters. The minimum absolute atomic E-state index is 0.201. The van der Waals surface area contributed by atoms with Crippen molar-refractivity contribution in [3.05, 3.63) is 70.9 Å². The number of benzene rings is 2. The number of nitrogens with zero attached hydrogens (tertiary/aromatic N) is 2. The van der Waals surface area contributed by atoms with Gasteiger partial charge in [0.25, 0.3) is 5.91 Å². The highest BCUT2D eigenvalue weighted by atomic mass is 32.1. The summed E-state index contributed by atoms with van der Waals surface area (Å²) >= 11 is 1.59. The fraction of sp³-hybridized carbons (Fsp3) is 0.429. The van der Waals surface area contributed by atoms with Crippen LogP contribution in [-0.2, 0) is 25.7 Å². The van der Waals surface area contributed by atoms with Crippen molar-refractivity contribution in [2.75, 3.05) is 18.4 Å². The van der Waals surface area contributed by atoms with E-state index in [-0.39, 0.29) is 30.0 Å². The second-order valence-electron chi connectivity index (χ2n) is 12.8. The number of amides is 5. The fourth-order valence-corrected chi connectivity index (χ4v) is 6.32. The highest BCUT2D eigenvalue weighted by molar-refractivity contribution is 7.13. The summed E-state index contributed by atoms with van der Waals surface area (Å²) in [6.45, 7) is 8.88. The van der Waals surface area contributed by atoms with Gasteiger partial charge < -0.3 is 26.2 Å². The lowest BCUT2D eigenvalue weighted by atomic mass is 9.85. The molecule has 2 heterocycles. The molecule has 1 aromatic heterocycles. The molecular formula is C35H44N6O5S. The number of likely N-dealkylation sites (tertiary alicyclic amines) is 1. The lowest BCUT2D eigenvalue weighted by Gasteiger charge is -2.35. The molecule has 5 amide bonds. The number of hydrogen-bond acceptors (Lipinski definition) is 7. The van der Waals surface area contributed by atoms with Crippen LogP contribution in [0, 0.1) is 12.3 Å². The number of unbranched alkanes of at least 4 members (excludes halogenated alkanes) is 1. The van der Waals surface area contributed by atoms with Gasteiger partial charge in [0.15, 0.2) is 0 Å². The Morgan fingerprint density at radius 1 is 1.02 bits per heavy atom. The van der Waals surface area contributed by atoms with E-state index in [1.165, 1.54) is 0 Å². The molecule has 3 aromatic rings. The number of aryl methyl sites for hydroxylation is 1. The summed E-state index contributed by atoms with van der Waals surface area (Å²) in [7, 11) is 0. The third-order valence-corrected chi connectivity index (χ3v) is 9.15. The lowest BCUT2D eigenvalue weighted by Crippen LogP contribution is -2.57. The van der Waals surface area contributed by atoms with Gasteiger partial charge in [-0.25, -0.2) is 4.98 Å². The van der Waals surface area contributed by atoms with Gasteiger partial charge in [0.2, 0.25) is 24.1 Å². The minimum Gasteiger partial charge on any atom is -0.352 e. The molecule has 12 heteroatoms. The highest BCUT2D eigenvalue weighted by Gasteiger charge is 2.41.